The molecule has 0 spiro atoms. The minimum absolute atomic E-state index is 0.391. The molecule has 3 heteroatoms. The van der Waals surface area contributed by atoms with E-state index in [1.807, 2.05) is 31.2 Å². The molecule has 106 valence electrons. The molecule has 0 amide bonds. The summed E-state index contributed by atoms with van der Waals surface area (Å²) in [6, 6.07) is 14.5. The van der Waals surface area contributed by atoms with Crippen LogP contribution in [0.3, 0.4) is 0 Å². The lowest BCUT2D eigenvalue weighted by atomic mass is 9.76. The predicted molar refractivity (Wildman–Crippen MR) is 78.0 cm³/mol. The van der Waals surface area contributed by atoms with Crippen LogP contribution in [-0.4, -0.2) is 5.11 Å². The van der Waals surface area contributed by atoms with Crippen molar-refractivity contribution in [3.63, 3.8) is 0 Å². The van der Waals surface area contributed by atoms with Crippen LogP contribution >= 0.6 is 0 Å². The van der Waals surface area contributed by atoms with Crippen LogP contribution in [0, 0.1) is 29.5 Å². The third-order valence-electron chi connectivity index (χ3n) is 4.41. The third kappa shape index (κ3) is 2.22. The summed E-state index contributed by atoms with van der Waals surface area (Å²) in [6.07, 6.45) is -0.00118. The number of halogens is 1. The fourth-order valence-electron chi connectivity index (χ4n) is 3.18. The van der Waals surface area contributed by atoms with Crippen molar-refractivity contribution in [3.8, 4) is 6.07 Å². The molecule has 1 N–H and O–H groups in total. The maximum Gasteiger partial charge on any atom is 0.123 e. The average molecular weight is 281 g/mol. The van der Waals surface area contributed by atoms with Gasteiger partial charge in [-0.1, -0.05) is 30.3 Å². The van der Waals surface area contributed by atoms with Gasteiger partial charge in [0.15, 0.2) is 0 Å². The number of nitrogens with zero attached hydrogens (tertiary/aromatic N) is 1. The number of aryl methyl sites for hydroxylation is 1. The molecule has 0 fully saturated rings. The SMILES string of the molecule is Cc1ccc(F)cc1C(O)C1(C#N)Cc2ccccc2C1. The van der Waals surface area contributed by atoms with Gasteiger partial charge in [-0.05, 0) is 54.2 Å². The van der Waals surface area contributed by atoms with Crippen molar-refractivity contribution in [2.24, 2.45) is 5.41 Å². The maximum atomic E-state index is 13.5. The number of rotatable bonds is 2. The van der Waals surface area contributed by atoms with Crippen LogP contribution in [0.15, 0.2) is 42.5 Å². The lowest BCUT2D eigenvalue weighted by Gasteiger charge is -2.28. The van der Waals surface area contributed by atoms with Crippen molar-refractivity contribution in [2.45, 2.75) is 25.9 Å². The van der Waals surface area contributed by atoms with Gasteiger partial charge in [0.25, 0.3) is 0 Å². The van der Waals surface area contributed by atoms with Gasteiger partial charge in [-0.2, -0.15) is 5.26 Å². The summed E-state index contributed by atoms with van der Waals surface area (Å²) in [4.78, 5) is 0. The highest BCUT2D eigenvalue weighted by Gasteiger charge is 2.44. The number of aliphatic hydroxyl groups excluding tert-OH is 1. The second-order valence-electron chi connectivity index (χ2n) is 5.79. The van der Waals surface area contributed by atoms with E-state index >= 15 is 0 Å². The van der Waals surface area contributed by atoms with Crippen LogP contribution in [0.25, 0.3) is 0 Å². The molecular weight excluding hydrogens is 265 g/mol. The first-order valence-corrected chi connectivity index (χ1v) is 6.98. The van der Waals surface area contributed by atoms with E-state index in [2.05, 4.69) is 6.07 Å². The highest BCUT2D eigenvalue weighted by molar-refractivity contribution is 5.41. The van der Waals surface area contributed by atoms with Crippen LogP contribution in [0.1, 0.15) is 28.4 Å². The highest BCUT2D eigenvalue weighted by Crippen LogP contribution is 2.46. The van der Waals surface area contributed by atoms with E-state index in [-0.39, 0.29) is 0 Å². The molecule has 1 unspecified atom stereocenters. The number of hydrogen-bond acceptors (Lipinski definition) is 2. The van der Waals surface area contributed by atoms with Gasteiger partial charge in [0.1, 0.15) is 5.82 Å². The first kappa shape index (κ1) is 13.8. The van der Waals surface area contributed by atoms with E-state index < -0.39 is 17.3 Å². The Hall–Kier alpha value is -2.18. The van der Waals surface area contributed by atoms with Gasteiger partial charge in [-0.25, -0.2) is 4.39 Å². The third-order valence-corrected chi connectivity index (χ3v) is 4.41. The molecule has 0 saturated carbocycles. The summed E-state index contributed by atoms with van der Waals surface area (Å²) in [7, 11) is 0. The summed E-state index contributed by atoms with van der Waals surface area (Å²) < 4.78 is 13.5. The number of hydrogen-bond donors (Lipinski definition) is 1. The van der Waals surface area contributed by atoms with Crippen LogP contribution in [-0.2, 0) is 12.8 Å². The summed E-state index contributed by atoms with van der Waals surface area (Å²) in [6.45, 7) is 1.82. The average Bonchev–Trinajstić information content (AvgIpc) is 2.89. The first-order valence-electron chi connectivity index (χ1n) is 6.98. The Bertz CT molecular complexity index is 707. The molecule has 0 bridgehead atoms. The molecule has 0 aromatic heterocycles. The predicted octanol–water partition coefficient (Wildman–Crippen LogP) is 3.48. The van der Waals surface area contributed by atoms with Crippen molar-refractivity contribution in [3.05, 3.63) is 70.5 Å². The monoisotopic (exact) mass is 281 g/mol. The zero-order chi connectivity index (χ0) is 15.0. The number of aliphatic hydroxyl groups is 1. The fraction of sp³-hybridized carbons (Fsp3) is 0.278. The molecule has 1 aliphatic rings. The van der Waals surface area contributed by atoms with Gasteiger partial charge in [-0.3, -0.25) is 0 Å². The lowest BCUT2D eigenvalue weighted by Crippen LogP contribution is -2.28. The lowest BCUT2D eigenvalue weighted by molar-refractivity contribution is 0.0685. The fourth-order valence-corrected chi connectivity index (χ4v) is 3.18. The zero-order valence-electron chi connectivity index (χ0n) is 11.8. The van der Waals surface area contributed by atoms with E-state index in [0.717, 1.165) is 16.7 Å². The molecule has 0 heterocycles. The molecule has 2 aromatic carbocycles. The van der Waals surface area contributed by atoms with Crippen molar-refractivity contribution >= 4 is 0 Å². The van der Waals surface area contributed by atoms with E-state index in [1.165, 1.54) is 12.1 Å². The van der Waals surface area contributed by atoms with Gasteiger partial charge in [0, 0.05) is 0 Å². The van der Waals surface area contributed by atoms with Crippen molar-refractivity contribution < 1.29 is 9.50 Å². The van der Waals surface area contributed by atoms with Crippen LogP contribution in [0.2, 0.25) is 0 Å². The minimum Gasteiger partial charge on any atom is -0.387 e. The normalized spacial score (nSPS) is 17.0. The van der Waals surface area contributed by atoms with E-state index in [1.54, 1.807) is 6.07 Å². The van der Waals surface area contributed by atoms with Gasteiger partial charge in [0.05, 0.1) is 17.6 Å². The molecule has 1 atom stereocenters. The van der Waals surface area contributed by atoms with Crippen LogP contribution in [0.4, 0.5) is 4.39 Å². The summed E-state index contributed by atoms with van der Waals surface area (Å²) in [5.74, 6) is -0.391. The maximum absolute atomic E-state index is 13.5. The second-order valence-corrected chi connectivity index (χ2v) is 5.79. The molecule has 0 radical (unpaired) electrons. The Labute approximate surface area is 123 Å². The number of benzene rings is 2. The molecule has 0 saturated heterocycles. The molecule has 1 aliphatic carbocycles. The number of nitriles is 1. The van der Waals surface area contributed by atoms with Crippen LogP contribution < -0.4 is 0 Å². The second kappa shape index (κ2) is 4.98. The van der Waals surface area contributed by atoms with E-state index in [4.69, 9.17) is 0 Å². The Balaban J connectivity index is 2.02. The largest absolute Gasteiger partial charge is 0.387 e. The minimum atomic E-state index is -0.995. The Morgan fingerprint density at radius 2 is 1.81 bits per heavy atom. The smallest absolute Gasteiger partial charge is 0.123 e. The van der Waals surface area contributed by atoms with Gasteiger partial charge < -0.3 is 5.11 Å². The Morgan fingerprint density at radius 3 is 2.38 bits per heavy atom. The molecule has 0 aliphatic heterocycles. The number of fused-ring (bicyclic) bond motifs is 1. The highest BCUT2D eigenvalue weighted by atomic mass is 19.1. The zero-order valence-corrected chi connectivity index (χ0v) is 11.8. The molecule has 21 heavy (non-hydrogen) atoms. The van der Waals surface area contributed by atoms with Crippen molar-refractivity contribution in [2.75, 3.05) is 0 Å². The van der Waals surface area contributed by atoms with Gasteiger partial charge >= 0.3 is 0 Å². The van der Waals surface area contributed by atoms with Gasteiger partial charge in [0.2, 0.25) is 0 Å². The Morgan fingerprint density at radius 1 is 1.19 bits per heavy atom. The summed E-state index contributed by atoms with van der Waals surface area (Å²) in [5.41, 5.74) is 2.57. The van der Waals surface area contributed by atoms with Crippen molar-refractivity contribution in [1.82, 2.24) is 0 Å². The first-order chi connectivity index (χ1) is 10.1. The van der Waals surface area contributed by atoms with Crippen LogP contribution in [0.5, 0.6) is 0 Å². The van der Waals surface area contributed by atoms with Crippen molar-refractivity contribution in [1.29, 1.82) is 5.26 Å². The summed E-state index contributed by atoms with van der Waals surface area (Å²) in [5, 5.41) is 20.4. The molecule has 2 nitrogen and oxygen atoms in total. The Kier molecular flexibility index (Phi) is 3.27. The molecule has 3 rings (SSSR count). The standard InChI is InChI=1S/C18H16FNO/c1-12-6-7-15(19)8-16(12)17(21)18(11-20)9-13-4-2-3-5-14(13)10-18/h2-8,17,21H,9-10H2,1H3. The van der Waals surface area contributed by atoms with Gasteiger partial charge in [-0.15, -0.1) is 0 Å². The quantitative estimate of drug-likeness (QED) is 0.916. The topological polar surface area (TPSA) is 44.0 Å². The molecule has 2 aromatic rings. The summed E-state index contributed by atoms with van der Waals surface area (Å²) >= 11 is 0. The van der Waals surface area contributed by atoms with E-state index in [0.29, 0.717) is 18.4 Å². The van der Waals surface area contributed by atoms with E-state index in [9.17, 15) is 14.8 Å². The molecular formula is C18H16FNO.